The number of alkyl halides is 3. The highest BCUT2D eigenvalue weighted by Crippen LogP contribution is 2.35. The molecular weight excluding hydrogens is 563 g/mol. The number of ether oxygens (including phenoxy) is 2. The molecule has 1 atom stereocenters. The number of halogens is 3. The molecule has 3 aromatic carbocycles. The summed E-state index contributed by atoms with van der Waals surface area (Å²) in [6, 6.07) is 21.6. The highest BCUT2D eigenvalue weighted by atomic mass is 19.4. The summed E-state index contributed by atoms with van der Waals surface area (Å²) in [6.45, 7) is 6.84. The first-order valence-electron chi connectivity index (χ1n) is 13.7. The first-order chi connectivity index (χ1) is 20.4. The molecule has 1 N–H and O–H groups in total. The van der Waals surface area contributed by atoms with Crippen molar-refractivity contribution in [2.45, 2.75) is 45.1 Å². The third-order valence-electron chi connectivity index (χ3n) is 6.55. The van der Waals surface area contributed by atoms with Crippen molar-refractivity contribution in [3.8, 4) is 17.2 Å². The molecule has 0 spiro atoms. The Morgan fingerprint density at radius 2 is 1.63 bits per heavy atom. The van der Waals surface area contributed by atoms with Crippen molar-refractivity contribution >= 4 is 23.3 Å². The van der Waals surface area contributed by atoms with E-state index in [-0.39, 0.29) is 23.7 Å². The van der Waals surface area contributed by atoms with Crippen molar-refractivity contribution in [2.75, 3.05) is 23.3 Å². The van der Waals surface area contributed by atoms with Crippen LogP contribution in [0.5, 0.6) is 5.75 Å². The molecule has 5 rings (SSSR count). The van der Waals surface area contributed by atoms with E-state index in [9.17, 15) is 22.8 Å². The summed E-state index contributed by atoms with van der Waals surface area (Å²) in [4.78, 5) is 31.1. The summed E-state index contributed by atoms with van der Waals surface area (Å²) in [6.07, 6.45) is -4.24. The van der Waals surface area contributed by atoms with E-state index in [1.165, 1.54) is 12.1 Å². The van der Waals surface area contributed by atoms with Gasteiger partial charge in [0.05, 0.1) is 12.1 Å². The molecule has 1 amide bonds. The number of aromatic nitrogens is 1. The Morgan fingerprint density at radius 3 is 2.26 bits per heavy atom. The summed E-state index contributed by atoms with van der Waals surface area (Å²) >= 11 is 0. The van der Waals surface area contributed by atoms with Crippen LogP contribution >= 0.6 is 0 Å². The lowest BCUT2D eigenvalue weighted by atomic mass is 10.1. The third kappa shape index (κ3) is 7.35. The molecule has 1 fully saturated rings. The lowest BCUT2D eigenvalue weighted by Crippen LogP contribution is -2.25. The first kappa shape index (κ1) is 29.7. The quantitative estimate of drug-likeness (QED) is 0.226. The molecule has 1 aliphatic rings. The monoisotopic (exact) mass is 593 g/mol. The number of carbonyl (C=O) groups is 2. The summed E-state index contributed by atoms with van der Waals surface area (Å²) in [5, 5.41) is 2.45. The maximum absolute atomic E-state index is 13.6. The number of carbonyl (C=O) groups excluding carboxylic acids is 2. The molecule has 8 nitrogen and oxygen atoms in total. The van der Waals surface area contributed by atoms with Gasteiger partial charge < -0.3 is 24.1 Å². The lowest BCUT2D eigenvalue weighted by molar-refractivity contribution is -0.153. The summed E-state index contributed by atoms with van der Waals surface area (Å²) in [5.74, 6) is -2.63. The van der Waals surface area contributed by atoms with Crippen LogP contribution < -0.4 is 15.0 Å². The summed E-state index contributed by atoms with van der Waals surface area (Å²) in [5.41, 5.74) is 0.603. The fourth-order valence-electron chi connectivity index (χ4n) is 4.57. The Kier molecular flexibility index (Phi) is 8.16. The fourth-order valence-corrected chi connectivity index (χ4v) is 4.57. The number of hydrogen-bond acceptors (Lipinski definition) is 7. The molecule has 224 valence electrons. The van der Waals surface area contributed by atoms with Crippen LogP contribution in [-0.2, 0) is 10.9 Å². The standard InChI is InChI=1S/C32H30F3N3O5/c1-31(2,3)43-30(40)21-9-13-23(14-10-21)38-18-17-25(19-38)41-24-15-11-22(12-16-24)36-28(39)26-27(32(33,34)35)42-29(37-26)20-7-5-4-6-8-20/h4-16,25H,17-19H2,1-3H3,(H,36,39). The number of nitrogens with one attached hydrogen (secondary N) is 1. The van der Waals surface area contributed by atoms with Crippen LogP contribution in [0.25, 0.3) is 11.5 Å². The maximum atomic E-state index is 13.6. The van der Waals surface area contributed by atoms with Gasteiger partial charge in [0.1, 0.15) is 17.5 Å². The van der Waals surface area contributed by atoms with Crippen LogP contribution in [0, 0.1) is 0 Å². The topological polar surface area (TPSA) is 93.9 Å². The molecule has 1 unspecified atom stereocenters. The Labute approximate surface area is 246 Å². The van der Waals surface area contributed by atoms with Crippen LogP contribution in [0.3, 0.4) is 0 Å². The zero-order valence-electron chi connectivity index (χ0n) is 23.8. The number of esters is 1. The SMILES string of the molecule is CC(C)(C)OC(=O)c1ccc(N2CCC(Oc3ccc(NC(=O)c4nc(-c5ccccc5)oc4C(F)(F)F)cc3)C2)cc1. The highest BCUT2D eigenvalue weighted by Gasteiger charge is 2.42. The molecular formula is C32H30F3N3O5. The second-order valence-electron chi connectivity index (χ2n) is 11.1. The predicted molar refractivity (Wildman–Crippen MR) is 154 cm³/mol. The molecule has 11 heteroatoms. The van der Waals surface area contributed by atoms with Gasteiger partial charge in [0.15, 0.2) is 5.69 Å². The van der Waals surface area contributed by atoms with Gasteiger partial charge in [-0.15, -0.1) is 0 Å². The molecule has 43 heavy (non-hydrogen) atoms. The Bertz CT molecular complexity index is 1580. The minimum absolute atomic E-state index is 0.105. The van der Waals surface area contributed by atoms with Crippen LogP contribution in [-0.4, -0.2) is 41.7 Å². The number of rotatable bonds is 7. The van der Waals surface area contributed by atoms with Gasteiger partial charge in [-0.25, -0.2) is 9.78 Å². The molecule has 1 aliphatic heterocycles. The second-order valence-corrected chi connectivity index (χ2v) is 11.1. The number of anilines is 2. The van der Waals surface area contributed by atoms with Crippen LogP contribution in [0.4, 0.5) is 24.5 Å². The minimum atomic E-state index is -4.90. The van der Waals surface area contributed by atoms with Crippen molar-refractivity contribution in [3.63, 3.8) is 0 Å². The van der Waals surface area contributed by atoms with E-state index in [2.05, 4.69) is 15.2 Å². The largest absolute Gasteiger partial charge is 0.489 e. The zero-order chi connectivity index (χ0) is 30.8. The summed E-state index contributed by atoms with van der Waals surface area (Å²) < 4.78 is 57.3. The fraction of sp³-hybridized carbons (Fsp3) is 0.281. The van der Waals surface area contributed by atoms with Crippen molar-refractivity contribution < 1.29 is 36.7 Å². The molecule has 1 saturated heterocycles. The van der Waals surface area contributed by atoms with E-state index in [1.807, 2.05) is 32.9 Å². The van der Waals surface area contributed by atoms with Gasteiger partial charge in [0.2, 0.25) is 11.7 Å². The van der Waals surface area contributed by atoms with Crippen molar-refractivity contribution in [2.24, 2.45) is 0 Å². The van der Waals surface area contributed by atoms with E-state index < -0.39 is 29.1 Å². The lowest BCUT2D eigenvalue weighted by Gasteiger charge is -2.21. The molecule has 0 bridgehead atoms. The van der Waals surface area contributed by atoms with E-state index >= 15 is 0 Å². The maximum Gasteiger partial charge on any atom is 0.452 e. The Hall–Kier alpha value is -4.80. The average molecular weight is 594 g/mol. The number of oxazole rings is 1. The van der Waals surface area contributed by atoms with E-state index in [0.717, 1.165) is 18.7 Å². The van der Waals surface area contributed by atoms with E-state index in [0.29, 0.717) is 23.4 Å². The number of benzene rings is 3. The van der Waals surface area contributed by atoms with Gasteiger partial charge >= 0.3 is 12.1 Å². The van der Waals surface area contributed by atoms with Gasteiger partial charge in [-0.05, 0) is 81.4 Å². The zero-order valence-corrected chi connectivity index (χ0v) is 23.8. The molecule has 0 radical (unpaired) electrons. The van der Waals surface area contributed by atoms with Gasteiger partial charge in [-0.3, -0.25) is 4.79 Å². The van der Waals surface area contributed by atoms with Gasteiger partial charge in [0, 0.05) is 29.9 Å². The normalized spacial score (nSPS) is 15.3. The molecule has 4 aromatic rings. The van der Waals surface area contributed by atoms with E-state index in [4.69, 9.17) is 13.9 Å². The van der Waals surface area contributed by atoms with Crippen LogP contribution in [0.1, 0.15) is 53.8 Å². The van der Waals surface area contributed by atoms with E-state index in [1.54, 1.807) is 54.6 Å². The van der Waals surface area contributed by atoms with Gasteiger partial charge in [-0.2, -0.15) is 13.2 Å². The highest BCUT2D eigenvalue weighted by molar-refractivity contribution is 6.04. The smallest absolute Gasteiger partial charge is 0.452 e. The molecule has 2 heterocycles. The van der Waals surface area contributed by atoms with Gasteiger partial charge in [-0.1, -0.05) is 18.2 Å². The van der Waals surface area contributed by atoms with Crippen molar-refractivity contribution in [1.82, 2.24) is 4.98 Å². The predicted octanol–water partition coefficient (Wildman–Crippen LogP) is 7.23. The Morgan fingerprint density at radius 1 is 0.953 bits per heavy atom. The van der Waals surface area contributed by atoms with Crippen LogP contribution in [0.15, 0.2) is 83.3 Å². The molecule has 0 aliphatic carbocycles. The number of amides is 1. The Balaban J connectivity index is 1.19. The molecule has 1 aromatic heterocycles. The third-order valence-corrected chi connectivity index (χ3v) is 6.55. The second kappa shape index (κ2) is 11.8. The van der Waals surface area contributed by atoms with Crippen molar-refractivity contribution in [1.29, 1.82) is 0 Å². The van der Waals surface area contributed by atoms with Crippen LogP contribution in [0.2, 0.25) is 0 Å². The van der Waals surface area contributed by atoms with Gasteiger partial charge in [0.25, 0.3) is 5.91 Å². The van der Waals surface area contributed by atoms with Crippen molar-refractivity contribution in [3.05, 3.63) is 95.9 Å². The molecule has 0 saturated carbocycles. The number of hydrogen-bond donors (Lipinski definition) is 1. The minimum Gasteiger partial charge on any atom is -0.489 e. The first-order valence-corrected chi connectivity index (χ1v) is 13.7. The average Bonchev–Trinajstić information content (AvgIpc) is 3.62. The number of nitrogens with zero attached hydrogens (tertiary/aromatic N) is 2. The summed E-state index contributed by atoms with van der Waals surface area (Å²) in [7, 11) is 0.